The summed E-state index contributed by atoms with van der Waals surface area (Å²) in [6.07, 6.45) is 4.88. The van der Waals surface area contributed by atoms with Crippen molar-refractivity contribution >= 4 is 17.2 Å². The molecule has 1 aromatic heterocycles. The van der Waals surface area contributed by atoms with E-state index in [-0.39, 0.29) is 5.91 Å². The predicted molar refractivity (Wildman–Crippen MR) is 135 cm³/mol. The molecule has 8 heteroatoms. The highest BCUT2D eigenvalue weighted by molar-refractivity contribution is 5.76. The molecule has 0 saturated carbocycles. The van der Waals surface area contributed by atoms with Gasteiger partial charge in [0.1, 0.15) is 0 Å². The van der Waals surface area contributed by atoms with Gasteiger partial charge in [-0.15, -0.1) is 0 Å². The average Bonchev–Trinajstić information content (AvgIpc) is 3.30. The second-order valence-electron chi connectivity index (χ2n) is 9.64. The smallest absolute Gasteiger partial charge is 0.227 e. The number of nitrogens with zero attached hydrogens (tertiary/aromatic N) is 5. The molecule has 1 atom stereocenters. The SMILES string of the molecule is Cc1cccc(N2CCN(CCCNC(=O)CCc3nc(C4=CCN(C)CC4)no3)C[C@@H]2C)c1. The number of aryl methyl sites for hydroxylation is 2. The molecule has 8 nitrogen and oxygen atoms in total. The first kappa shape index (κ1) is 24.4. The molecule has 0 bridgehead atoms. The van der Waals surface area contributed by atoms with E-state index in [2.05, 4.69) is 81.4 Å². The first-order valence-corrected chi connectivity index (χ1v) is 12.5. The molecular formula is C26H38N6O2. The van der Waals surface area contributed by atoms with Gasteiger partial charge in [-0.05, 0) is 63.6 Å². The number of amides is 1. The molecular weight excluding hydrogens is 428 g/mol. The highest BCUT2D eigenvalue weighted by Gasteiger charge is 2.23. The summed E-state index contributed by atoms with van der Waals surface area (Å²) in [5, 5.41) is 7.13. The van der Waals surface area contributed by atoms with Gasteiger partial charge in [-0.25, -0.2) is 0 Å². The van der Waals surface area contributed by atoms with Crippen molar-refractivity contribution in [1.29, 1.82) is 0 Å². The van der Waals surface area contributed by atoms with Gasteiger partial charge in [0.05, 0.1) is 0 Å². The molecule has 184 valence electrons. The van der Waals surface area contributed by atoms with Crippen LogP contribution >= 0.6 is 0 Å². The summed E-state index contributed by atoms with van der Waals surface area (Å²) >= 11 is 0. The molecule has 0 radical (unpaired) electrons. The minimum Gasteiger partial charge on any atom is -0.366 e. The Labute approximate surface area is 203 Å². The van der Waals surface area contributed by atoms with Crippen LogP contribution in [0.1, 0.15) is 43.5 Å². The third-order valence-corrected chi connectivity index (χ3v) is 6.75. The van der Waals surface area contributed by atoms with Gasteiger partial charge in [0.15, 0.2) is 5.82 Å². The van der Waals surface area contributed by atoms with Crippen LogP contribution in [0.5, 0.6) is 0 Å². The predicted octanol–water partition coefficient (Wildman–Crippen LogP) is 2.75. The van der Waals surface area contributed by atoms with Gasteiger partial charge in [0, 0.05) is 63.8 Å². The largest absolute Gasteiger partial charge is 0.366 e. The summed E-state index contributed by atoms with van der Waals surface area (Å²) in [4.78, 5) is 24.0. The third kappa shape index (κ3) is 6.67. The molecule has 1 saturated heterocycles. The van der Waals surface area contributed by atoms with Crippen LogP contribution in [0.25, 0.3) is 5.57 Å². The molecule has 2 aromatic rings. The number of carbonyl (C=O) groups is 1. The fourth-order valence-corrected chi connectivity index (χ4v) is 4.73. The number of aromatic nitrogens is 2. The van der Waals surface area contributed by atoms with E-state index in [4.69, 9.17) is 4.52 Å². The van der Waals surface area contributed by atoms with E-state index in [1.807, 2.05) is 0 Å². The Kier molecular flexibility index (Phi) is 8.34. The molecule has 1 N–H and O–H groups in total. The van der Waals surface area contributed by atoms with Gasteiger partial charge in [-0.3, -0.25) is 9.69 Å². The maximum atomic E-state index is 12.3. The van der Waals surface area contributed by atoms with E-state index in [0.29, 0.717) is 37.1 Å². The standard InChI is InChI=1S/C26H38N6O2/c1-20-6-4-7-23(18-20)32-17-16-31(19-21(32)2)13-5-12-27-24(33)8-9-25-28-26(29-34-25)22-10-14-30(3)15-11-22/h4,6-7,10,18,21H,5,8-9,11-17,19H2,1-3H3,(H,27,33)/t21-/m0/s1. The molecule has 0 spiro atoms. The fraction of sp³-hybridized carbons (Fsp3) is 0.577. The summed E-state index contributed by atoms with van der Waals surface area (Å²) in [5.41, 5.74) is 3.75. The monoisotopic (exact) mass is 466 g/mol. The van der Waals surface area contributed by atoms with Crippen molar-refractivity contribution in [2.24, 2.45) is 0 Å². The Morgan fingerprint density at radius 1 is 1.26 bits per heavy atom. The highest BCUT2D eigenvalue weighted by Crippen LogP contribution is 2.22. The van der Waals surface area contributed by atoms with Gasteiger partial charge in [0.25, 0.3) is 0 Å². The summed E-state index contributed by atoms with van der Waals surface area (Å²) in [5.74, 6) is 1.24. The zero-order valence-electron chi connectivity index (χ0n) is 20.8. The molecule has 1 amide bonds. The molecule has 2 aliphatic rings. The normalized spacial score (nSPS) is 19.8. The number of benzene rings is 1. The van der Waals surface area contributed by atoms with Gasteiger partial charge in [-0.1, -0.05) is 23.4 Å². The van der Waals surface area contributed by atoms with Crippen molar-refractivity contribution in [1.82, 2.24) is 25.3 Å². The number of carbonyl (C=O) groups excluding carboxylic acids is 1. The number of anilines is 1. The lowest BCUT2D eigenvalue weighted by atomic mass is 10.1. The highest BCUT2D eigenvalue weighted by atomic mass is 16.5. The van der Waals surface area contributed by atoms with Crippen molar-refractivity contribution in [3.63, 3.8) is 0 Å². The second kappa shape index (κ2) is 11.6. The second-order valence-corrected chi connectivity index (χ2v) is 9.64. The third-order valence-electron chi connectivity index (χ3n) is 6.75. The molecule has 34 heavy (non-hydrogen) atoms. The molecule has 0 aliphatic carbocycles. The quantitative estimate of drug-likeness (QED) is 0.570. The van der Waals surface area contributed by atoms with Gasteiger partial charge in [0.2, 0.25) is 11.8 Å². The Morgan fingerprint density at radius 2 is 2.15 bits per heavy atom. The van der Waals surface area contributed by atoms with Gasteiger partial charge < -0.3 is 19.6 Å². The summed E-state index contributed by atoms with van der Waals surface area (Å²) in [6, 6.07) is 9.23. The van der Waals surface area contributed by atoms with E-state index < -0.39 is 0 Å². The van der Waals surface area contributed by atoms with E-state index in [1.165, 1.54) is 11.3 Å². The van der Waals surface area contributed by atoms with E-state index in [1.54, 1.807) is 0 Å². The lowest BCUT2D eigenvalue weighted by molar-refractivity contribution is -0.121. The van der Waals surface area contributed by atoms with Crippen LogP contribution in [0.2, 0.25) is 0 Å². The molecule has 3 heterocycles. The van der Waals surface area contributed by atoms with E-state index in [0.717, 1.165) is 57.7 Å². The zero-order valence-corrected chi connectivity index (χ0v) is 20.8. The number of hydrogen-bond donors (Lipinski definition) is 1. The Hall–Kier alpha value is -2.71. The Bertz CT molecular complexity index is 987. The Balaban J connectivity index is 1.11. The molecule has 1 aromatic carbocycles. The molecule has 2 aliphatic heterocycles. The Morgan fingerprint density at radius 3 is 2.91 bits per heavy atom. The van der Waals surface area contributed by atoms with Crippen molar-refractivity contribution < 1.29 is 9.32 Å². The lowest BCUT2D eigenvalue weighted by Gasteiger charge is -2.41. The minimum atomic E-state index is 0.0379. The maximum Gasteiger partial charge on any atom is 0.227 e. The molecule has 0 unspecified atom stereocenters. The zero-order chi connectivity index (χ0) is 23.9. The van der Waals surface area contributed by atoms with Crippen LogP contribution in [-0.4, -0.2) is 84.8 Å². The van der Waals surface area contributed by atoms with Gasteiger partial charge >= 0.3 is 0 Å². The van der Waals surface area contributed by atoms with Crippen molar-refractivity contribution in [2.45, 2.75) is 45.6 Å². The number of hydrogen-bond acceptors (Lipinski definition) is 7. The van der Waals surface area contributed by atoms with Crippen LogP contribution in [0.3, 0.4) is 0 Å². The van der Waals surface area contributed by atoms with Crippen LogP contribution in [-0.2, 0) is 11.2 Å². The van der Waals surface area contributed by atoms with Crippen LogP contribution in [0.15, 0.2) is 34.9 Å². The topological polar surface area (TPSA) is 77.7 Å². The summed E-state index contributed by atoms with van der Waals surface area (Å²) in [7, 11) is 2.10. The average molecular weight is 467 g/mol. The van der Waals surface area contributed by atoms with E-state index >= 15 is 0 Å². The minimum absolute atomic E-state index is 0.0379. The van der Waals surface area contributed by atoms with Crippen molar-refractivity contribution in [3.8, 4) is 0 Å². The molecule has 4 rings (SSSR count). The van der Waals surface area contributed by atoms with Crippen LogP contribution in [0, 0.1) is 6.92 Å². The number of piperazine rings is 1. The maximum absolute atomic E-state index is 12.3. The number of nitrogens with one attached hydrogen (secondary N) is 1. The van der Waals surface area contributed by atoms with E-state index in [9.17, 15) is 4.79 Å². The first-order valence-electron chi connectivity index (χ1n) is 12.5. The molecule has 1 fully saturated rings. The van der Waals surface area contributed by atoms with Crippen molar-refractivity contribution in [3.05, 3.63) is 47.6 Å². The number of rotatable bonds is 9. The summed E-state index contributed by atoms with van der Waals surface area (Å²) in [6.45, 7) is 11.2. The fourth-order valence-electron chi connectivity index (χ4n) is 4.73. The van der Waals surface area contributed by atoms with Gasteiger partial charge in [-0.2, -0.15) is 4.98 Å². The lowest BCUT2D eigenvalue weighted by Crippen LogP contribution is -2.52. The summed E-state index contributed by atoms with van der Waals surface area (Å²) < 4.78 is 5.35. The van der Waals surface area contributed by atoms with Crippen molar-refractivity contribution in [2.75, 3.05) is 57.8 Å². The number of likely N-dealkylation sites (N-methyl/N-ethyl adjacent to an activating group) is 1. The first-order chi connectivity index (χ1) is 16.5. The van der Waals surface area contributed by atoms with Crippen LogP contribution in [0.4, 0.5) is 5.69 Å². The van der Waals surface area contributed by atoms with Crippen LogP contribution < -0.4 is 10.2 Å².